The zero-order chi connectivity index (χ0) is 16.9. The number of rotatable bonds is 4. The molecule has 0 aromatic carbocycles. The summed E-state index contributed by atoms with van der Waals surface area (Å²) in [5.74, 6) is 0.0193. The molecule has 7 atom stereocenters. The van der Waals surface area contributed by atoms with Gasteiger partial charge in [0.1, 0.15) is 0 Å². The van der Waals surface area contributed by atoms with Gasteiger partial charge in [-0.3, -0.25) is 4.79 Å². The summed E-state index contributed by atoms with van der Waals surface area (Å²) in [7, 11) is 0. The van der Waals surface area contributed by atoms with Gasteiger partial charge in [-0.1, -0.05) is 33.1 Å². The zero-order valence-electron chi connectivity index (χ0n) is 15.1. The second kappa shape index (κ2) is 5.96. The molecule has 5 rings (SSSR count). The third kappa shape index (κ3) is 2.35. The maximum atomic E-state index is 12.7. The predicted octanol–water partition coefficient (Wildman–Crippen LogP) is 3.96. The highest BCUT2D eigenvalue weighted by molar-refractivity contribution is 5.74. The lowest BCUT2D eigenvalue weighted by atomic mass is 9.57. The minimum absolute atomic E-state index is 0.0857. The van der Waals surface area contributed by atoms with Crippen LogP contribution in [0.2, 0.25) is 0 Å². The molecule has 0 aromatic rings. The minimum Gasteiger partial charge on any atom is -0.432 e. The summed E-state index contributed by atoms with van der Waals surface area (Å²) in [6.07, 6.45) is 7.55. The van der Waals surface area contributed by atoms with Crippen LogP contribution in [0.5, 0.6) is 0 Å². The fraction of sp³-hybridized carbons (Fsp3) is 0.947. The molecule has 5 aliphatic rings. The fourth-order valence-electron chi connectivity index (χ4n) is 5.55. The number of fused-ring (bicyclic) bond motifs is 2. The Balaban J connectivity index is 1.69. The van der Waals surface area contributed by atoms with E-state index in [-0.39, 0.29) is 17.8 Å². The van der Waals surface area contributed by atoms with Crippen LogP contribution < -0.4 is 0 Å². The predicted molar refractivity (Wildman–Crippen MR) is 86.5 cm³/mol. The average Bonchev–Trinajstić information content (AvgIpc) is 2.78. The molecule has 136 valence electrons. The van der Waals surface area contributed by atoms with Crippen molar-refractivity contribution < 1.29 is 24.0 Å². The Morgan fingerprint density at radius 2 is 1.96 bits per heavy atom. The number of hydrogen-bond acceptors (Lipinski definition) is 5. The standard InChI is InChI=1S/C19H30O5/c1-4-5-6-7-13-15-9-8-12(2)14-10-11-18(3)22-17(21-16(13)20)19(14,15)24-23-18/h12-15,17H,4-11H2,1-3H3/t12-,13-,14+,15+,17-,18+,19-/m1/s1. The second-order valence-electron chi connectivity index (χ2n) is 8.45. The molecule has 0 aromatic heterocycles. The van der Waals surface area contributed by atoms with E-state index in [9.17, 15) is 4.79 Å². The zero-order valence-corrected chi connectivity index (χ0v) is 15.1. The molecule has 2 bridgehead atoms. The van der Waals surface area contributed by atoms with Crippen LogP contribution in [-0.4, -0.2) is 23.6 Å². The molecule has 5 nitrogen and oxygen atoms in total. The van der Waals surface area contributed by atoms with Gasteiger partial charge in [0.25, 0.3) is 0 Å². The van der Waals surface area contributed by atoms with Crippen molar-refractivity contribution in [3.05, 3.63) is 0 Å². The number of carbonyl (C=O) groups excluding carboxylic acids is 1. The Labute approximate surface area is 144 Å². The Bertz CT molecular complexity index is 508. The largest absolute Gasteiger partial charge is 0.432 e. The highest BCUT2D eigenvalue weighted by Gasteiger charge is 2.70. The molecule has 0 N–H and O–H groups in total. The van der Waals surface area contributed by atoms with E-state index >= 15 is 0 Å². The van der Waals surface area contributed by atoms with Crippen molar-refractivity contribution in [3.63, 3.8) is 0 Å². The minimum atomic E-state index is -0.799. The molecule has 4 aliphatic heterocycles. The Kier molecular flexibility index (Phi) is 4.17. The smallest absolute Gasteiger partial charge is 0.311 e. The monoisotopic (exact) mass is 338 g/mol. The maximum Gasteiger partial charge on any atom is 0.311 e. The second-order valence-corrected chi connectivity index (χ2v) is 8.45. The van der Waals surface area contributed by atoms with Crippen molar-refractivity contribution in [1.82, 2.24) is 0 Å². The average molecular weight is 338 g/mol. The topological polar surface area (TPSA) is 54.0 Å². The van der Waals surface area contributed by atoms with E-state index in [1.54, 1.807) is 0 Å². The van der Waals surface area contributed by atoms with Crippen LogP contribution in [0, 0.1) is 23.7 Å². The third-order valence-electron chi connectivity index (χ3n) is 6.91. The molecule has 0 unspecified atom stereocenters. The highest BCUT2D eigenvalue weighted by atomic mass is 17.3. The lowest BCUT2D eigenvalue weighted by Gasteiger charge is -2.58. The van der Waals surface area contributed by atoms with Crippen molar-refractivity contribution in [2.75, 3.05) is 0 Å². The van der Waals surface area contributed by atoms with E-state index in [0.29, 0.717) is 11.8 Å². The van der Waals surface area contributed by atoms with E-state index in [2.05, 4.69) is 13.8 Å². The number of hydrogen-bond donors (Lipinski definition) is 0. The van der Waals surface area contributed by atoms with E-state index in [4.69, 9.17) is 19.2 Å². The molecule has 1 aliphatic carbocycles. The van der Waals surface area contributed by atoms with E-state index in [0.717, 1.165) is 51.4 Å². The van der Waals surface area contributed by atoms with Gasteiger partial charge in [-0.15, -0.1) is 0 Å². The van der Waals surface area contributed by atoms with Gasteiger partial charge >= 0.3 is 5.97 Å². The first-order chi connectivity index (χ1) is 11.5. The summed E-state index contributed by atoms with van der Waals surface area (Å²) in [5, 5.41) is 0. The Hall–Kier alpha value is -0.650. The van der Waals surface area contributed by atoms with Gasteiger partial charge in [0.05, 0.1) is 5.92 Å². The molecule has 5 fully saturated rings. The van der Waals surface area contributed by atoms with Gasteiger partial charge in [-0.2, -0.15) is 0 Å². The number of carbonyl (C=O) groups is 1. The van der Waals surface area contributed by atoms with Crippen LogP contribution in [0.1, 0.15) is 72.1 Å². The van der Waals surface area contributed by atoms with Crippen LogP contribution in [0.25, 0.3) is 0 Å². The van der Waals surface area contributed by atoms with E-state index < -0.39 is 17.7 Å². The van der Waals surface area contributed by atoms with E-state index in [1.165, 1.54) is 0 Å². The lowest BCUT2D eigenvalue weighted by Crippen LogP contribution is -2.70. The maximum absolute atomic E-state index is 12.7. The SMILES string of the molecule is CCCCC[C@H]1C(=O)O[C@@H]2O[C@]3(C)CC[C@H]4[C@H](C)CC[C@@H]1[C@@]24OO3. The lowest BCUT2D eigenvalue weighted by molar-refractivity contribution is -0.559. The number of unbranched alkanes of at least 4 members (excludes halogenated alkanes) is 2. The normalized spacial score (nSPS) is 50.1. The molecular formula is C19H30O5. The quantitative estimate of drug-likeness (QED) is 0.441. The van der Waals surface area contributed by atoms with Crippen LogP contribution in [0.15, 0.2) is 0 Å². The first-order valence-corrected chi connectivity index (χ1v) is 9.75. The molecular weight excluding hydrogens is 308 g/mol. The van der Waals surface area contributed by atoms with E-state index in [1.807, 2.05) is 6.92 Å². The summed E-state index contributed by atoms with van der Waals surface area (Å²) in [4.78, 5) is 24.6. The van der Waals surface area contributed by atoms with Gasteiger partial charge in [-0.05, 0) is 38.5 Å². The first kappa shape index (κ1) is 16.8. The molecule has 1 spiro atoms. The van der Waals surface area contributed by atoms with Crippen LogP contribution in [-0.2, 0) is 24.0 Å². The first-order valence-electron chi connectivity index (χ1n) is 9.75. The van der Waals surface area contributed by atoms with Crippen molar-refractivity contribution in [2.45, 2.75) is 89.8 Å². The third-order valence-corrected chi connectivity index (χ3v) is 6.91. The summed E-state index contributed by atoms with van der Waals surface area (Å²) >= 11 is 0. The Morgan fingerprint density at radius 1 is 1.12 bits per heavy atom. The summed E-state index contributed by atoms with van der Waals surface area (Å²) < 4.78 is 12.0. The number of ether oxygens (including phenoxy) is 2. The van der Waals surface area contributed by atoms with Crippen LogP contribution in [0.3, 0.4) is 0 Å². The highest BCUT2D eigenvalue weighted by Crippen LogP contribution is 2.60. The molecule has 24 heavy (non-hydrogen) atoms. The van der Waals surface area contributed by atoms with Crippen LogP contribution >= 0.6 is 0 Å². The summed E-state index contributed by atoms with van der Waals surface area (Å²) in [6.45, 7) is 6.36. The Morgan fingerprint density at radius 3 is 2.75 bits per heavy atom. The molecule has 5 heteroatoms. The number of esters is 1. The van der Waals surface area contributed by atoms with Gasteiger partial charge in [-0.25, -0.2) is 9.78 Å². The van der Waals surface area contributed by atoms with Gasteiger partial charge in [0, 0.05) is 18.3 Å². The molecule has 0 radical (unpaired) electrons. The summed E-state index contributed by atoms with van der Waals surface area (Å²) in [6, 6.07) is 0. The van der Waals surface area contributed by atoms with Crippen molar-refractivity contribution >= 4 is 5.97 Å². The van der Waals surface area contributed by atoms with Gasteiger partial charge < -0.3 is 9.47 Å². The molecule has 0 amide bonds. The summed E-state index contributed by atoms with van der Waals surface area (Å²) in [5.41, 5.74) is -0.613. The van der Waals surface area contributed by atoms with Crippen molar-refractivity contribution in [3.8, 4) is 0 Å². The van der Waals surface area contributed by atoms with Crippen molar-refractivity contribution in [2.24, 2.45) is 23.7 Å². The molecule has 1 saturated carbocycles. The van der Waals surface area contributed by atoms with Crippen molar-refractivity contribution in [1.29, 1.82) is 0 Å². The van der Waals surface area contributed by atoms with Crippen LogP contribution in [0.4, 0.5) is 0 Å². The van der Waals surface area contributed by atoms with Gasteiger partial charge in [0.2, 0.25) is 12.1 Å². The van der Waals surface area contributed by atoms with Gasteiger partial charge in [0.15, 0.2) is 5.60 Å². The molecule has 4 saturated heterocycles. The fourth-order valence-corrected chi connectivity index (χ4v) is 5.55. The molecule has 4 heterocycles.